The molecule has 12 heavy (non-hydrogen) atoms. The van der Waals surface area contributed by atoms with Gasteiger partial charge in [-0.05, 0) is 18.6 Å². The number of aryl methyl sites for hydroxylation is 1. The van der Waals surface area contributed by atoms with E-state index in [4.69, 9.17) is 4.74 Å². The van der Waals surface area contributed by atoms with Crippen LogP contribution in [0, 0.1) is 6.92 Å². The molecule has 1 aromatic carbocycles. The average Bonchev–Trinajstić information content (AvgIpc) is 1.93. The third-order valence-corrected chi connectivity index (χ3v) is 1.35. The van der Waals surface area contributed by atoms with E-state index < -0.39 is 0 Å². The molecule has 0 aromatic heterocycles. The molecular weight excluding hydrogens is 191 g/mol. The summed E-state index contributed by atoms with van der Waals surface area (Å²) in [5.41, 5.74) is 0.975. The molecule has 0 unspecified atom stereocenters. The molecule has 0 aliphatic heterocycles. The Kier molecular flexibility index (Phi) is 4.71. The van der Waals surface area contributed by atoms with Gasteiger partial charge in [0.25, 0.3) is 0 Å². The molecule has 0 bridgehead atoms. The summed E-state index contributed by atoms with van der Waals surface area (Å²) in [5.74, 6) is 0.360. The standard InChI is InChI=1S/C9H10O2.V/c1-7-5-3-4-6-9(7)11-8(2)10;/h3-6H,1-2H3;. The van der Waals surface area contributed by atoms with Gasteiger partial charge >= 0.3 is 5.97 Å². The summed E-state index contributed by atoms with van der Waals surface area (Å²) in [7, 11) is 0. The van der Waals surface area contributed by atoms with Gasteiger partial charge in [0.1, 0.15) is 5.75 Å². The summed E-state index contributed by atoms with van der Waals surface area (Å²) in [6, 6.07) is 7.42. The largest absolute Gasteiger partial charge is 0.426 e. The van der Waals surface area contributed by atoms with Crippen molar-refractivity contribution in [3.05, 3.63) is 29.8 Å². The summed E-state index contributed by atoms with van der Waals surface area (Å²) >= 11 is 0. The van der Waals surface area contributed by atoms with Gasteiger partial charge in [-0.1, -0.05) is 18.2 Å². The fourth-order valence-electron chi connectivity index (χ4n) is 0.826. The van der Waals surface area contributed by atoms with Gasteiger partial charge in [0, 0.05) is 25.5 Å². The van der Waals surface area contributed by atoms with Crippen molar-refractivity contribution >= 4 is 5.97 Å². The quantitative estimate of drug-likeness (QED) is 0.512. The zero-order chi connectivity index (χ0) is 8.27. The Morgan fingerprint density at radius 2 is 1.92 bits per heavy atom. The number of ether oxygens (including phenoxy) is 1. The van der Waals surface area contributed by atoms with E-state index in [0.717, 1.165) is 5.56 Å². The van der Waals surface area contributed by atoms with Crippen molar-refractivity contribution in [1.82, 2.24) is 0 Å². The number of carbonyl (C=O) groups excluding carboxylic acids is 1. The second-order valence-corrected chi connectivity index (χ2v) is 2.36. The van der Waals surface area contributed by atoms with Gasteiger partial charge in [-0.15, -0.1) is 0 Å². The minimum Gasteiger partial charge on any atom is -0.426 e. The molecule has 2 nitrogen and oxygen atoms in total. The van der Waals surface area contributed by atoms with E-state index in [1.807, 2.05) is 25.1 Å². The molecule has 0 atom stereocenters. The number of benzene rings is 1. The SMILES string of the molecule is CC(=O)Oc1ccccc1C.[V]. The maximum atomic E-state index is 10.5. The van der Waals surface area contributed by atoms with Crippen molar-refractivity contribution < 1.29 is 28.1 Å². The van der Waals surface area contributed by atoms with Crippen LogP contribution in [0.25, 0.3) is 0 Å². The first-order chi connectivity index (χ1) is 5.20. The second-order valence-electron chi connectivity index (χ2n) is 2.36. The first kappa shape index (κ1) is 11.3. The maximum absolute atomic E-state index is 10.5. The maximum Gasteiger partial charge on any atom is 0.308 e. The van der Waals surface area contributed by atoms with E-state index in [0.29, 0.717) is 5.75 Å². The Hall–Kier alpha value is -0.726. The van der Waals surface area contributed by atoms with Crippen LogP contribution in [0.2, 0.25) is 0 Å². The predicted molar refractivity (Wildman–Crippen MR) is 42.5 cm³/mol. The van der Waals surface area contributed by atoms with Crippen molar-refractivity contribution in [2.45, 2.75) is 13.8 Å². The van der Waals surface area contributed by atoms with Crippen molar-refractivity contribution in [3.63, 3.8) is 0 Å². The van der Waals surface area contributed by atoms with Crippen molar-refractivity contribution in [1.29, 1.82) is 0 Å². The fourth-order valence-corrected chi connectivity index (χ4v) is 0.826. The van der Waals surface area contributed by atoms with E-state index >= 15 is 0 Å². The molecule has 0 N–H and O–H groups in total. The molecule has 0 amide bonds. The molecule has 63 valence electrons. The molecule has 1 radical (unpaired) electrons. The van der Waals surface area contributed by atoms with Crippen LogP contribution >= 0.6 is 0 Å². The first-order valence-electron chi connectivity index (χ1n) is 3.44. The van der Waals surface area contributed by atoms with Crippen LogP contribution in [0.4, 0.5) is 0 Å². The van der Waals surface area contributed by atoms with Gasteiger partial charge in [0.2, 0.25) is 0 Å². The first-order valence-corrected chi connectivity index (χ1v) is 3.44. The van der Waals surface area contributed by atoms with Crippen LogP contribution in [0.3, 0.4) is 0 Å². The predicted octanol–water partition coefficient (Wildman–Crippen LogP) is 1.92. The van der Waals surface area contributed by atoms with Gasteiger partial charge < -0.3 is 4.74 Å². The molecule has 0 heterocycles. The van der Waals surface area contributed by atoms with Crippen LogP contribution in [0.15, 0.2) is 24.3 Å². The van der Waals surface area contributed by atoms with Crippen LogP contribution in [0.5, 0.6) is 5.75 Å². The second kappa shape index (κ2) is 5.02. The average molecular weight is 201 g/mol. The Morgan fingerprint density at radius 1 is 1.33 bits per heavy atom. The monoisotopic (exact) mass is 201 g/mol. The van der Waals surface area contributed by atoms with E-state index in [-0.39, 0.29) is 24.5 Å². The van der Waals surface area contributed by atoms with Crippen LogP contribution in [0.1, 0.15) is 12.5 Å². The summed E-state index contributed by atoms with van der Waals surface area (Å²) in [6.45, 7) is 3.30. The fraction of sp³-hybridized carbons (Fsp3) is 0.222. The number of para-hydroxylation sites is 1. The van der Waals surface area contributed by atoms with Gasteiger partial charge in [0.15, 0.2) is 0 Å². The number of hydrogen-bond donors (Lipinski definition) is 0. The minimum atomic E-state index is -0.278. The molecule has 1 aromatic rings. The molecule has 0 spiro atoms. The van der Waals surface area contributed by atoms with Gasteiger partial charge in [-0.2, -0.15) is 0 Å². The zero-order valence-corrected chi connectivity index (χ0v) is 8.47. The molecule has 0 aliphatic rings. The number of esters is 1. The van der Waals surface area contributed by atoms with Gasteiger partial charge in [-0.3, -0.25) is 4.79 Å². The van der Waals surface area contributed by atoms with Crippen LogP contribution in [-0.2, 0) is 23.4 Å². The smallest absolute Gasteiger partial charge is 0.308 e. The molecule has 0 fully saturated rings. The minimum absolute atomic E-state index is 0. The number of carbonyl (C=O) groups is 1. The summed E-state index contributed by atoms with van der Waals surface area (Å²) in [6.07, 6.45) is 0. The number of hydrogen-bond acceptors (Lipinski definition) is 2. The number of rotatable bonds is 1. The van der Waals surface area contributed by atoms with Crippen LogP contribution < -0.4 is 4.74 Å². The van der Waals surface area contributed by atoms with Crippen molar-refractivity contribution in [2.24, 2.45) is 0 Å². The van der Waals surface area contributed by atoms with Crippen molar-refractivity contribution in [3.8, 4) is 5.75 Å². The molecule has 0 saturated carbocycles. The summed E-state index contributed by atoms with van der Waals surface area (Å²) < 4.78 is 4.91. The van der Waals surface area contributed by atoms with Crippen molar-refractivity contribution in [2.75, 3.05) is 0 Å². The third-order valence-electron chi connectivity index (χ3n) is 1.35. The van der Waals surface area contributed by atoms with Crippen LogP contribution in [-0.4, -0.2) is 5.97 Å². The Morgan fingerprint density at radius 3 is 2.42 bits per heavy atom. The Balaban J connectivity index is 0.00000121. The Labute approximate surface area is 83.8 Å². The molecule has 3 heteroatoms. The third kappa shape index (κ3) is 3.12. The molecule has 0 saturated heterocycles. The van der Waals surface area contributed by atoms with E-state index in [1.165, 1.54) is 6.92 Å². The van der Waals surface area contributed by atoms with E-state index in [2.05, 4.69) is 0 Å². The normalized spacial score (nSPS) is 8.50. The summed E-state index contributed by atoms with van der Waals surface area (Å²) in [5, 5.41) is 0. The van der Waals surface area contributed by atoms with Gasteiger partial charge in [-0.25, -0.2) is 0 Å². The Bertz CT molecular complexity index is 271. The molecule has 1 rings (SSSR count). The zero-order valence-electron chi connectivity index (χ0n) is 7.07. The topological polar surface area (TPSA) is 26.3 Å². The molecule has 0 aliphatic carbocycles. The summed E-state index contributed by atoms with van der Waals surface area (Å²) in [4.78, 5) is 10.5. The van der Waals surface area contributed by atoms with E-state index in [1.54, 1.807) is 6.07 Å². The van der Waals surface area contributed by atoms with E-state index in [9.17, 15) is 4.79 Å². The van der Waals surface area contributed by atoms with Gasteiger partial charge in [0.05, 0.1) is 0 Å². The molecular formula is C9H10O2V.